The van der Waals surface area contributed by atoms with E-state index in [4.69, 9.17) is 10.5 Å². The number of methoxy groups -OCH3 is 1. The summed E-state index contributed by atoms with van der Waals surface area (Å²) in [6.45, 7) is 1.91. The third kappa shape index (κ3) is 2.40. The summed E-state index contributed by atoms with van der Waals surface area (Å²) in [5, 5.41) is 0. The van der Waals surface area contributed by atoms with E-state index in [1.165, 1.54) is 6.07 Å². The Bertz CT molecular complexity index is 418. The maximum Gasteiger partial charge on any atom is 0.252 e. The number of hydrogen-bond acceptors (Lipinski definition) is 5. The Morgan fingerprint density at radius 2 is 2.56 bits per heavy atom. The van der Waals surface area contributed by atoms with E-state index < -0.39 is 0 Å². The number of ether oxygens (including phenoxy) is 1. The number of nitrogens with zero attached hydrogens (tertiary/aromatic N) is 2. The number of nitrogens with one attached hydrogen (secondary N) is 1. The van der Waals surface area contributed by atoms with Crippen LogP contribution in [0.1, 0.15) is 12.1 Å². The smallest absolute Gasteiger partial charge is 0.252 e. The molecule has 1 fully saturated rings. The highest BCUT2D eigenvalue weighted by atomic mass is 16.5. The monoisotopic (exact) mass is 224 g/mol. The van der Waals surface area contributed by atoms with Gasteiger partial charge in [0.25, 0.3) is 5.56 Å². The Labute approximate surface area is 93.4 Å². The molecule has 1 aromatic rings. The van der Waals surface area contributed by atoms with Crippen LogP contribution in [0.4, 0.5) is 5.95 Å². The molecule has 0 amide bonds. The van der Waals surface area contributed by atoms with Gasteiger partial charge in [-0.15, -0.1) is 0 Å². The maximum absolute atomic E-state index is 11.4. The van der Waals surface area contributed by atoms with Crippen molar-refractivity contribution in [1.29, 1.82) is 0 Å². The van der Waals surface area contributed by atoms with Gasteiger partial charge in [-0.05, 0) is 6.42 Å². The van der Waals surface area contributed by atoms with E-state index in [9.17, 15) is 4.79 Å². The van der Waals surface area contributed by atoms with Crippen LogP contribution < -0.4 is 16.2 Å². The maximum atomic E-state index is 11.4. The Morgan fingerprint density at radius 1 is 1.75 bits per heavy atom. The minimum absolute atomic E-state index is 0.155. The molecule has 1 aromatic heterocycles. The Morgan fingerprint density at radius 3 is 3.19 bits per heavy atom. The number of anilines is 1. The van der Waals surface area contributed by atoms with Crippen LogP contribution in [0.3, 0.4) is 0 Å². The fraction of sp³-hybridized carbons (Fsp3) is 0.600. The predicted octanol–water partition coefficient (Wildman–Crippen LogP) is -0.546. The Balaban J connectivity index is 2.23. The van der Waals surface area contributed by atoms with Crippen LogP contribution in [0.25, 0.3) is 0 Å². The molecule has 1 atom stereocenters. The summed E-state index contributed by atoms with van der Waals surface area (Å²) in [4.78, 5) is 20.5. The highest BCUT2D eigenvalue weighted by molar-refractivity contribution is 5.32. The van der Waals surface area contributed by atoms with E-state index in [-0.39, 0.29) is 11.6 Å². The first-order valence-electron chi connectivity index (χ1n) is 5.29. The Hall–Kier alpha value is -1.40. The van der Waals surface area contributed by atoms with Gasteiger partial charge in [0.1, 0.15) is 0 Å². The molecular formula is C10H16N4O2. The van der Waals surface area contributed by atoms with Crippen LogP contribution >= 0.6 is 0 Å². The van der Waals surface area contributed by atoms with Gasteiger partial charge < -0.3 is 15.4 Å². The molecule has 88 valence electrons. The normalized spacial score (nSPS) is 20.4. The molecule has 16 heavy (non-hydrogen) atoms. The zero-order chi connectivity index (χ0) is 11.5. The fourth-order valence-electron chi connectivity index (χ4n) is 1.85. The molecule has 3 N–H and O–H groups in total. The van der Waals surface area contributed by atoms with Gasteiger partial charge in [0.05, 0.1) is 12.3 Å². The first-order chi connectivity index (χ1) is 7.69. The van der Waals surface area contributed by atoms with Crippen LogP contribution in [-0.4, -0.2) is 36.2 Å². The van der Waals surface area contributed by atoms with Crippen molar-refractivity contribution in [3.05, 3.63) is 22.1 Å². The van der Waals surface area contributed by atoms with Crippen molar-refractivity contribution in [3.8, 4) is 0 Å². The highest BCUT2D eigenvalue weighted by Crippen LogP contribution is 2.13. The van der Waals surface area contributed by atoms with Gasteiger partial charge in [0, 0.05) is 32.3 Å². The lowest BCUT2D eigenvalue weighted by atomic mass is 10.3. The molecule has 0 saturated carbocycles. The van der Waals surface area contributed by atoms with Gasteiger partial charge in [-0.2, -0.15) is 0 Å². The number of nitrogens with two attached hydrogens (primary N) is 1. The second-order valence-electron chi connectivity index (χ2n) is 3.99. The molecule has 2 heterocycles. The number of aromatic amines is 1. The topological polar surface area (TPSA) is 84.2 Å². The minimum atomic E-state index is -0.155. The van der Waals surface area contributed by atoms with Crippen molar-refractivity contribution in [2.24, 2.45) is 5.73 Å². The zero-order valence-corrected chi connectivity index (χ0v) is 9.27. The van der Waals surface area contributed by atoms with Crippen molar-refractivity contribution >= 4 is 5.95 Å². The van der Waals surface area contributed by atoms with Crippen LogP contribution in [0.15, 0.2) is 10.9 Å². The van der Waals surface area contributed by atoms with E-state index in [1.54, 1.807) is 7.11 Å². The number of rotatable bonds is 3. The molecule has 0 aromatic carbocycles. The molecule has 0 unspecified atom stereocenters. The molecule has 1 saturated heterocycles. The van der Waals surface area contributed by atoms with Crippen molar-refractivity contribution in [2.75, 3.05) is 25.1 Å². The van der Waals surface area contributed by atoms with Crippen molar-refractivity contribution in [3.63, 3.8) is 0 Å². The summed E-state index contributed by atoms with van der Waals surface area (Å²) in [6, 6.07) is 1.61. The molecule has 0 aliphatic carbocycles. The lowest BCUT2D eigenvalue weighted by Crippen LogP contribution is -2.29. The van der Waals surface area contributed by atoms with E-state index in [1.807, 2.05) is 4.90 Å². The highest BCUT2D eigenvalue weighted by Gasteiger charge is 2.21. The van der Waals surface area contributed by atoms with Crippen molar-refractivity contribution < 1.29 is 4.74 Å². The molecule has 1 aliphatic heterocycles. The SMILES string of the molecule is COCc1cc(=O)[nH]c(N2CC[C@@H](N)C2)n1. The first kappa shape index (κ1) is 11.1. The van der Waals surface area contributed by atoms with Gasteiger partial charge in [-0.3, -0.25) is 9.78 Å². The standard InChI is InChI=1S/C10H16N4O2/c1-16-6-8-4-9(15)13-10(12-8)14-3-2-7(11)5-14/h4,7H,2-3,5-6,11H2,1H3,(H,12,13,15)/t7-/m1/s1. The largest absolute Gasteiger partial charge is 0.378 e. The average Bonchev–Trinajstić information content (AvgIpc) is 2.64. The summed E-state index contributed by atoms with van der Waals surface area (Å²) < 4.78 is 4.96. The minimum Gasteiger partial charge on any atom is -0.378 e. The fourth-order valence-corrected chi connectivity index (χ4v) is 1.85. The van der Waals surface area contributed by atoms with Crippen LogP contribution in [-0.2, 0) is 11.3 Å². The van der Waals surface area contributed by atoms with E-state index in [0.29, 0.717) is 18.2 Å². The molecule has 1 aliphatic rings. The first-order valence-corrected chi connectivity index (χ1v) is 5.29. The molecule has 6 nitrogen and oxygen atoms in total. The number of H-pyrrole nitrogens is 1. The molecule has 2 rings (SSSR count). The Kier molecular flexibility index (Phi) is 3.21. The third-order valence-electron chi connectivity index (χ3n) is 2.60. The van der Waals surface area contributed by atoms with Gasteiger partial charge in [0.15, 0.2) is 0 Å². The molecule has 0 bridgehead atoms. The lowest BCUT2D eigenvalue weighted by molar-refractivity contribution is 0.181. The molecular weight excluding hydrogens is 208 g/mol. The quantitative estimate of drug-likeness (QED) is 0.720. The van der Waals surface area contributed by atoms with E-state index >= 15 is 0 Å². The summed E-state index contributed by atoms with van der Waals surface area (Å²) in [7, 11) is 1.58. The summed E-state index contributed by atoms with van der Waals surface area (Å²) >= 11 is 0. The predicted molar refractivity (Wildman–Crippen MR) is 60.4 cm³/mol. The van der Waals surface area contributed by atoms with Crippen LogP contribution in [0.2, 0.25) is 0 Å². The number of hydrogen-bond donors (Lipinski definition) is 2. The lowest BCUT2D eigenvalue weighted by Gasteiger charge is -2.16. The van der Waals surface area contributed by atoms with Gasteiger partial charge in [-0.25, -0.2) is 4.98 Å². The van der Waals surface area contributed by atoms with Gasteiger partial charge >= 0.3 is 0 Å². The molecule has 0 spiro atoms. The van der Waals surface area contributed by atoms with Gasteiger partial charge in [-0.1, -0.05) is 0 Å². The van der Waals surface area contributed by atoms with E-state index in [0.717, 1.165) is 19.5 Å². The summed E-state index contributed by atoms with van der Waals surface area (Å²) in [5.41, 5.74) is 6.30. The van der Waals surface area contributed by atoms with Crippen molar-refractivity contribution in [1.82, 2.24) is 9.97 Å². The second-order valence-corrected chi connectivity index (χ2v) is 3.99. The molecule has 0 radical (unpaired) electrons. The summed E-state index contributed by atoms with van der Waals surface area (Å²) in [5.74, 6) is 0.590. The average molecular weight is 224 g/mol. The van der Waals surface area contributed by atoms with Gasteiger partial charge in [0.2, 0.25) is 5.95 Å². The van der Waals surface area contributed by atoms with Crippen LogP contribution in [0.5, 0.6) is 0 Å². The molecule has 6 heteroatoms. The second kappa shape index (κ2) is 4.63. The number of aromatic nitrogens is 2. The van der Waals surface area contributed by atoms with Crippen molar-refractivity contribution in [2.45, 2.75) is 19.1 Å². The zero-order valence-electron chi connectivity index (χ0n) is 9.27. The van der Waals surface area contributed by atoms with Crippen LogP contribution in [0, 0.1) is 0 Å². The van der Waals surface area contributed by atoms with E-state index in [2.05, 4.69) is 9.97 Å². The third-order valence-corrected chi connectivity index (χ3v) is 2.60. The summed E-state index contributed by atoms with van der Waals surface area (Å²) in [6.07, 6.45) is 0.929.